The fourth-order valence-corrected chi connectivity index (χ4v) is 4.15. The smallest absolute Gasteiger partial charge is 0.277 e. The summed E-state index contributed by atoms with van der Waals surface area (Å²) in [5.74, 6) is 1.09. The number of thioether (sulfide) groups is 1. The first-order valence-corrected chi connectivity index (χ1v) is 10.3. The van der Waals surface area contributed by atoms with Crippen LogP contribution in [-0.4, -0.2) is 44.3 Å². The third-order valence-corrected chi connectivity index (χ3v) is 5.76. The van der Waals surface area contributed by atoms with E-state index in [1.165, 1.54) is 10.8 Å². The number of aryl methyl sites for hydroxylation is 1. The third kappa shape index (κ3) is 4.00. The number of amides is 1. The minimum atomic E-state index is -0.552. The molecule has 4 nitrogen and oxygen atoms in total. The van der Waals surface area contributed by atoms with Crippen LogP contribution in [-0.2, 0) is 0 Å². The molecule has 1 aliphatic carbocycles. The van der Waals surface area contributed by atoms with Gasteiger partial charge in [-0.3, -0.25) is 9.20 Å². The van der Waals surface area contributed by atoms with Gasteiger partial charge in [0.1, 0.15) is 5.65 Å². The van der Waals surface area contributed by atoms with Crippen LogP contribution in [0.15, 0.2) is 18.3 Å². The average molecular weight is 364 g/mol. The van der Waals surface area contributed by atoms with Gasteiger partial charge in [-0.05, 0) is 43.2 Å². The Morgan fingerprint density at radius 2 is 2.16 bits per heavy atom. The highest BCUT2D eigenvalue weighted by atomic mass is 32.2. The van der Waals surface area contributed by atoms with Crippen LogP contribution < -0.4 is 0 Å². The van der Waals surface area contributed by atoms with Gasteiger partial charge in [-0.1, -0.05) is 26.2 Å². The van der Waals surface area contributed by atoms with Crippen LogP contribution in [0.1, 0.15) is 55.1 Å². The Kier molecular flexibility index (Phi) is 5.99. The van der Waals surface area contributed by atoms with Crippen LogP contribution >= 0.6 is 11.8 Å². The Morgan fingerprint density at radius 1 is 1.40 bits per heavy atom. The monoisotopic (exact) mass is 363 g/mol. The maximum Gasteiger partial charge on any atom is 0.277 e. The van der Waals surface area contributed by atoms with Gasteiger partial charge in [0.05, 0.1) is 0 Å². The molecule has 0 aliphatic heterocycles. The molecule has 0 unspecified atom stereocenters. The molecule has 6 heteroatoms. The summed E-state index contributed by atoms with van der Waals surface area (Å²) in [6.45, 7) is 4.71. The van der Waals surface area contributed by atoms with Gasteiger partial charge >= 0.3 is 0 Å². The fraction of sp³-hybridized carbons (Fsp3) is 0.579. The van der Waals surface area contributed by atoms with Gasteiger partial charge in [-0.15, -0.1) is 0 Å². The van der Waals surface area contributed by atoms with Crippen molar-refractivity contribution in [3.8, 4) is 0 Å². The summed E-state index contributed by atoms with van der Waals surface area (Å²) >= 11 is 1.81. The van der Waals surface area contributed by atoms with Crippen molar-refractivity contribution >= 4 is 23.3 Å². The predicted octanol–water partition coefficient (Wildman–Crippen LogP) is 4.31. The van der Waals surface area contributed by atoms with E-state index < -0.39 is 5.95 Å². The van der Waals surface area contributed by atoms with Crippen LogP contribution in [0.5, 0.6) is 0 Å². The summed E-state index contributed by atoms with van der Waals surface area (Å²) < 4.78 is 16.1. The Morgan fingerprint density at radius 3 is 2.88 bits per heavy atom. The van der Waals surface area contributed by atoms with Crippen LogP contribution in [0.3, 0.4) is 0 Å². The Labute approximate surface area is 152 Å². The van der Waals surface area contributed by atoms with E-state index in [-0.39, 0.29) is 17.6 Å². The quantitative estimate of drug-likeness (QED) is 0.718. The molecule has 0 bridgehead atoms. The number of aromatic nitrogens is 2. The molecule has 0 spiro atoms. The van der Waals surface area contributed by atoms with Gasteiger partial charge in [0.25, 0.3) is 5.91 Å². The Balaban J connectivity index is 1.89. The average Bonchev–Trinajstić information content (AvgIpc) is 2.95. The molecule has 2 heterocycles. The molecule has 2 aromatic rings. The molecule has 1 saturated carbocycles. The van der Waals surface area contributed by atoms with Crippen LogP contribution in [0, 0.1) is 12.9 Å². The molecule has 0 N–H and O–H groups in total. The summed E-state index contributed by atoms with van der Waals surface area (Å²) in [5.41, 5.74) is 1.45. The molecule has 25 heavy (non-hydrogen) atoms. The first kappa shape index (κ1) is 18.2. The largest absolute Gasteiger partial charge is 0.333 e. The van der Waals surface area contributed by atoms with Crippen LogP contribution in [0.2, 0.25) is 0 Å². The summed E-state index contributed by atoms with van der Waals surface area (Å²) in [6.07, 6.45) is 7.17. The first-order valence-electron chi connectivity index (χ1n) is 9.14. The molecule has 0 atom stereocenters. The topological polar surface area (TPSA) is 37.6 Å². The second kappa shape index (κ2) is 8.21. The second-order valence-electron chi connectivity index (χ2n) is 6.67. The number of carbonyl (C=O) groups excluding carboxylic acids is 1. The van der Waals surface area contributed by atoms with Crippen molar-refractivity contribution in [1.29, 1.82) is 0 Å². The molecular weight excluding hydrogens is 337 g/mol. The molecule has 0 aromatic carbocycles. The van der Waals surface area contributed by atoms with E-state index in [1.807, 2.05) is 29.7 Å². The minimum Gasteiger partial charge on any atom is -0.333 e. The number of halogens is 1. The number of rotatable bonds is 6. The van der Waals surface area contributed by atoms with Crippen molar-refractivity contribution < 1.29 is 9.18 Å². The lowest BCUT2D eigenvalue weighted by atomic mass is 9.94. The highest BCUT2D eigenvalue weighted by Crippen LogP contribution is 2.25. The number of imidazole rings is 1. The summed E-state index contributed by atoms with van der Waals surface area (Å²) in [7, 11) is 0. The van der Waals surface area contributed by atoms with Gasteiger partial charge in [0, 0.05) is 24.5 Å². The van der Waals surface area contributed by atoms with Gasteiger partial charge in [-0.25, -0.2) is 4.98 Å². The van der Waals surface area contributed by atoms with Gasteiger partial charge in [0.2, 0.25) is 5.95 Å². The summed E-state index contributed by atoms with van der Waals surface area (Å²) in [6, 6.07) is 3.84. The van der Waals surface area contributed by atoms with Crippen molar-refractivity contribution in [2.75, 3.05) is 18.1 Å². The number of pyridine rings is 1. The standard InChI is InChI=1S/C19H26FN3OS/c1-3-25-12-11-22(15-7-5-4-6-8-15)19(24)17-18(20)23-10-9-14(2)13-16(23)21-17/h9-10,13,15H,3-8,11-12H2,1-2H3. The van der Waals surface area contributed by atoms with E-state index in [1.54, 1.807) is 12.3 Å². The molecular formula is C19H26FN3OS. The zero-order chi connectivity index (χ0) is 17.8. The summed E-state index contributed by atoms with van der Waals surface area (Å²) in [4.78, 5) is 19.3. The number of fused-ring (bicyclic) bond motifs is 1. The maximum atomic E-state index is 14.8. The Hall–Kier alpha value is -1.56. The SMILES string of the molecule is CCSCCN(C(=O)c1nc2cc(C)ccn2c1F)C1CCCCC1. The van der Waals surface area contributed by atoms with Crippen molar-refractivity contribution in [2.45, 2.75) is 52.0 Å². The number of hydrogen-bond acceptors (Lipinski definition) is 3. The van der Waals surface area contributed by atoms with Gasteiger partial charge in [0.15, 0.2) is 5.69 Å². The number of hydrogen-bond donors (Lipinski definition) is 0. The molecule has 1 aliphatic rings. The third-order valence-electron chi connectivity index (χ3n) is 4.88. The second-order valence-corrected chi connectivity index (χ2v) is 8.06. The minimum absolute atomic E-state index is 0.0438. The first-order chi connectivity index (χ1) is 12.1. The van der Waals surface area contributed by atoms with E-state index >= 15 is 0 Å². The predicted molar refractivity (Wildman–Crippen MR) is 101 cm³/mol. The van der Waals surface area contributed by atoms with E-state index in [0.29, 0.717) is 12.2 Å². The van der Waals surface area contributed by atoms with E-state index in [0.717, 1.165) is 42.8 Å². The maximum absolute atomic E-state index is 14.8. The van der Waals surface area contributed by atoms with Crippen LogP contribution in [0.4, 0.5) is 4.39 Å². The van der Waals surface area contributed by atoms with E-state index in [4.69, 9.17) is 0 Å². The normalized spacial score (nSPS) is 15.6. The van der Waals surface area contributed by atoms with E-state index in [9.17, 15) is 9.18 Å². The molecule has 1 amide bonds. The summed E-state index contributed by atoms with van der Waals surface area (Å²) in [5, 5.41) is 0. The Bertz CT molecular complexity index is 740. The number of nitrogens with zero attached hydrogens (tertiary/aromatic N) is 3. The zero-order valence-electron chi connectivity index (χ0n) is 15.0. The highest BCUT2D eigenvalue weighted by molar-refractivity contribution is 7.99. The lowest BCUT2D eigenvalue weighted by molar-refractivity contribution is 0.0639. The van der Waals surface area contributed by atoms with Crippen molar-refractivity contribution in [3.05, 3.63) is 35.5 Å². The number of carbonyl (C=O) groups is 1. The molecule has 136 valence electrons. The van der Waals surface area contributed by atoms with Crippen LogP contribution in [0.25, 0.3) is 5.65 Å². The lowest BCUT2D eigenvalue weighted by Gasteiger charge is -2.34. The van der Waals surface area contributed by atoms with Crippen molar-refractivity contribution in [1.82, 2.24) is 14.3 Å². The molecule has 1 fully saturated rings. The molecule has 0 saturated heterocycles. The van der Waals surface area contributed by atoms with Crippen molar-refractivity contribution in [2.24, 2.45) is 0 Å². The zero-order valence-corrected chi connectivity index (χ0v) is 15.8. The molecule has 0 radical (unpaired) electrons. The lowest BCUT2D eigenvalue weighted by Crippen LogP contribution is -2.43. The van der Waals surface area contributed by atoms with Gasteiger partial charge < -0.3 is 4.90 Å². The molecule has 3 rings (SSSR count). The van der Waals surface area contributed by atoms with Crippen molar-refractivity contribution in [3.63, 3.8) is 0 Å². The fourth-order valence-electron chi connectivity index (χ4n) is 3.54. The highest BCUT2D eigenvalue weighted by Gasteiger charge is 2.30. The van der Waals surface area contributed by atoms with E-state index in [2.05, 4.69) is 11.9 Å². The van der Waals surface area contributed by atoms with Gasteiger partial charge in [-0.2, -0.15) is 16.2 Å². The molecule has 2 aromatic heterocycles.